The largest absolute Gasteiger partial charge is 0.347 e. The van der Waals surface area contributed by atoms with E-state index in [4.69, 9.17) is 44.3 Å². The summed E-state index contributed by atoms with van der Waals surface area (Å²) in [5.41, 5.74) is 0.508. The van der Waals surface area contributed by atoms with Crippen molar-refractivity contribution in [3.05, 3.63) is 104 Å². The van der Waals surface area contributed by atoms with Gasteiger partial charge in [0.2, 0.25) is 0 Å². The average molecular weight is 610 g/mol. The minimum absolute atomic E-state index is 0.153. The molecule has 9 heteroatoms. The number of likely N-dealkylation sites (N-methyl/N-ethyl adjacent to an activating group) is 1. The maximum absolute atomic E-state index is 15.3. The van der Waals surface area contributed by atoms with Gasteiger partial charge in [0, 0.05) is 57.2 Å². The summed E-state index contributed by atoms with van der Waals surface area (Å²) in [5.74, 6) is -2.02. The molecule has 1 aliphatic carbocycles. The Morgan fingerprint density at radius 3 is 2.39 bits per heavy atom. The number of benzene rings is 3. The van der Waals surface area contributed by atoms with Crippen molar-refractivity contribution in [3.63, 3.8) is 0 Å². The van der Waals surface area contributed by atoms with E-state index in [1.807, 2.05) is 60.5 Å². The molecule has 6 nitrogen and oxygen atoms in total. The van der Waals surface area contributed by atoms with Crippen molar-refractivity contribution < 1.29 is 19.1 Å². The normalized spacial score (nSPS) is 29.7. The van der Waals surface area contributed by atoms with Gasteiger partial charge in [-0.25, -0.2) is 0 Å². The summed E-state index contributed by atoms with van der Waals surface area (Å²) in [6, 6.07) is 20.2. The van der Waals surface area contributed by atoms with E-state index in [1.165, 1.54) is 0 Å². The molecule has 1 N–H and O–H groups in total. The van der Waals surface area contributed by atoms with Crippen LogP contribution in [0.1, 0.15) is 35.4 Å². The van der Waals surface area contributed by atoms with Gasteiger partial charge in [-0.05, 0) is 54.6 Å². The minimum Gasteiger partial charge on any atom is -0.347 e. The molecule has 210 valence electrons. The summed E-state index contributed by atoms with van der Waals surface area (Å²) in [4.78, 5) is 31.8. The van der Waals surface area contributed by atoms with Crippen LogP contribution in [0.2, 0.25) is 15.1 Å². The zero-order valence-corrected chi connectivity index (χ0v) is 24.5. The Bertz CT molecular complexity index is 1630. The highest BCUT2D eigenvalue weighted by Crippen LogP contribution is 2.69. The molecule has 3 spiro atoms. The summed E-state index contributed by atoms with van der Waals surface area (Å²) >= 11 is 20.0. The number of nitrogens with one attached hydrogen (secondary N) is 1. The number of ketones is 1. The van der Waals surface area contributed by atoms with Crippen LogP contribution >= 0.6 is 34.8 Å². The Morgan fingerprint density at radius 2 is 1.66 bits per heavy atom. The van der Waals surface area contributed by atoms with Crippen LogP contribution in [0.5, 0.6) is 0 Å². The van der Waals surface area contributed by atoms with Gasteiger partial charge in [-0.15, -0.1) is 0 Å². The van der Waals surface area contributed by atoms with Gasteiger partial charge in [-0.3, -0.25) is 14.5 Å². The van der Waals surface area contributed by atoms with E-state index in [0.29, 0.717) is 57.2 Å². The highest BCUT2D eigenvalue weighted by atomic mass is 35.5. The molecular formula is C32H27Cl3N2O4. The topological polar surface area (TPSA) is 67.9 Å². The van der Waals surface area contributed by atoms with Gasteiger partial charge in [0.15, 0.2) is 11.6 Å². The molecule has 0 radical (unpaired) electrons. The summed E-state index contributed by atoms with van der Waals surface area (Å²) in [5, 5.41) is 4.60. The molecule has 7 rings (SSSR count). The minimum atomic E-state index is -1.41. The molecule has 3 unspecified atom stereocenters. The van der Waals surface area contributed by atoms with E-state index in [-0.39, 0.29) is 24.5 Å². The highest BCUT2D eigenvalue weighted by molar-refractivity contribution is 6.32. The SMILES string of the molecule is CN1CC(c2ccccc2Cl)C2(CC3(C/C(=C\c4ccccc4Cl)C2=O)OCCO3)C12C(=O)Nc1ccc(Cl)cc12. The van der Waals surface area contributed by atoms with Crippen molar-refractivity contribution >= 4 is 58.3 Å². The van der Waals surface area contributed by atoms with Crippen molar-refractivity contribution in [2.75, 3.05) is 32.1 Å². The number of hydrogen-bond acceptors (Lipinski definition) is 5. The average Bonchev–Trinajstić information content (AvgIpc) is 3.59. The number of nitrogens with zero attached hydrogens (tertiary/aromatic N) is 1. The molecule has 3 fully saturated rings. The Morgan fingerprint density at radius 1 is 0.951 bits per heavy atom. The summed E-state index contributed by atoms with van der Waals surface area (Å²) in [7, 11) is 1.89. The van der Waals surface area contributed by atoms with E-state index >= 15 is 4.79 Å². The van der Waals surface area contributed by atoms with Gasteiger partial charge < -0.3 is 14.8 Å². The first-order valence-corrected chi connectivity index (χ1v) is 14.7. The van der Waals surface area contributed by atoms with Crippen LogP contribution in [-0.2, 0) is 24.6 Å². The Kier molecular flexibility index (Phi) is 6.40. The first-order valence-electron chi connectivity index (χ1n) is 13.6. The van der Waals surface area contributed by atoms with E-state index in [0.717, 1.165) is 5.56 Å². The molecule has 41 heavy (non-hydrogen) atoms. The lowest BCUT2D eigenvalue weighted by Gasteiger charge is -2.52. The third-order valence-electron chi connectivity index (χ3n) is 9.25. The second-order valence-electron chi connectivity index (χ2n) is 11.3. The molecule has 0 bridgehead atoms. The number of halogens is 3. The molecule has 3 aromatic carbocycles. The lowest BCUT2D eigenvalue weighted by molar-refractivity contribution is -0.203. The van der Waals surface area contributed by atoms with E-state index < -0.39 is 22.7 Å². The van der Waals surface area contributed by atoms with Gasteiger partial charge in [-0.1, -0.05) is 71.2 Å². The second-order valence-corrected chi connectivity index (χ2v) is 12.5. The zero-order chi connectivity index (χ0) is 28.6. The molecule has 2 saturated heterocycles. The number of anilines is 1. The van der Waals surface area contributed by atoms with Crippen LogP contribution in [0, 0.1) is 5.41 Å². The first kappa shape index (κ1) is 27.1. The van der Waals surface area contributed by atoms with Crippen LogP contribution in [0.4, 0.5) is 5.69 Å². The fourth-order valence-electron chi connectivity index (χ4n) is 7.76. The lowest BCUT2D eigenvalue weighted by Crippen LogP contribution is -2.63. The van der Waals surface area contributed by atoms with Crippen molar-refractivity contribution in [2.45, 2.75) is 30.1 Å². The fraction of sp³-hybridized carbons (Fsp3) is 0.312. The smallest absolute Gasteiger partial charge is 0.250 e. The lowest BCUT2D eigenvalue weighted by atomic mass is 9.52. The number of carbonyl (C=O) groups is 2. The number of carbonyl (C=O) groups excluding carboxylic acids is 2. The molecule has 4 aliphatic rings. The second kappa shape index (κ2) is 9.66. The molecule has 3 aromatic rings. The molecule has 3 aliphatic heterocycles. The number of likely N-dealkylation sites (tertiary alicyclic amines) is 1. The molecule has 3 atom stereocenters. The van der Waals surface area contributed by atoms with Crippen molar-refractivity contribution in [2.24, 2.45) is 5.41 Å². The van der Waals surface area contributed by atoms with E-state index in [2.05, 4.69) is 5.32 Å². The molecule has 1 amide bonds. The van der Waals surface area contributed by atoms with Crippen molar-refractivity contribution in [3.8, 4) is 0 Å². The Balaban J connectivity index is 1.56. The molecule has 1 saturated carbocycles. The van der Waals surface area contributed by atoms with Gasteiger partial charge in [0.1, 0.15) is 5.54 Å². The number of amides is 1. The van der Waals surface area contributed by atoms with Crippen LogP contribution in [0.15, 0.2) is 72.3 Å². The number of Topliss-reactive ketones (excluding diaryl/α,β-unsaturated/α-hetero) is 1. The summed E-state index contributed by atoms with van der Waals surface area (Å²) in [6.07, 6.45) is 2.22. The Labute approximate surface area is 253 Å². The third kappa shape index (κ3) is 3.75. The van der Waals surface area contributed by atoms with Gasteiger partial charge in [0.05, 0.1) is 18.6 Å². The molecule has 0 aromatic heterocycles. The third-order valence-corrected chi connectivity index (χ3v) is 10.2. The summed E-state index contributed by atoms with van der Waals surface area (Å²) < 4.78 is 12.7. The quantitative estimate of drug-likeness (QED) is 0.328. The predicted molar refractivity (Wildman–Crippen MR) is 159 cm³/mol. The predicted octanol–water partition coefficient (Wildman–Crippen LogP) is 6.70. The van der Waals surface area contributed by atoms with Crippen LogP contribution in [0.25, 0.3) is 6.08 Å². The van der Waals surface area contributed by atoms with Gasteiger partial charge in [0.25, 0.3) is 5.91 Å². The van der Waals surface area contributed by atoms with Crippen molar-refractivity contribution in [1.29, 1.82) is 0 Å². The molecule has 3 heterocycles. The maximum Gasteiger partial charge on any atom is 0.250 e. The van der Waals surface area contributed by atoms with Gasteiger partial charge in [-0.2, -0.15) is 0 Å². The number of hydrogen-bond donors (Lipinski definition) is 1. The van der Waals surface area contributed by atoms with E-state index in [1.54, 1.807) is 24.3 Å². The first-order chi connectivity index (χ1) is 19.7. The number of ether oxygens (including phenoxy) is 2. The van der Waals surface area contributed by atoms with Gasteiger partial charge >= 0.3 is 0 Å². The van der Waals surface area contributed by atoms with E-state index in [9.17, 15) is 4.79 Å². The monoisotopic (exact) mass is 608 g/mol. The molecular weight excluding hydrogens is 583 g/mol. The van der Waals surface area contributed by atoms with Crippen molar-refractivity contribution in [1.82, 2.24) is 4.90 Å². The highest BCUT2D eigenvalue weighted by Gasteiger charge is 2.77. The Hall–Kier alpha value is -2.71. The number of fused-ring (bicyclic) bond motifs is 3. The maximum atomic E-state index is 15.3. The van der Waals surface area contributed by atoms with Crippen LogP contribution in [-0.4, -0.2) is 49.2 Å². The standard InChI is InChI=1S/C32H27Cl3N2O4/c1-37-17-24(22-7-3-5-9-26(22)35)31(32(37)23-15-21(33)10-11-27(23)36-29(32)39)18-30(40-12-13-41-30)16-20(28(31)38)14-19-6-2-4-8-25(19)34/h2-11,14-15,24H,12-13,16-18H2,1H3,(H,36,39)/b20-14+. The zero-order valence-electron chi connectivity index (χ0n) is 22.3. The fourth-order valence-corrected chi connectivity index (χ4v) is 8.39. The summed E-state index contributed by atoms with van der Waals surface area (Å²) in [6.45, 7) is 1.17. The number of rotatable bonds is 2. The van der Waals surface area contributed by atoms with Crippen LogP contribution in [0.3, 0.4) is 0 Å². The van der Waals surface area contributed by atoms with Crippen LogP contribution < -0.4 is 5.32 Å².